The Balaban J connectivity index is 1.88. The van der Waals surface area contributed by atoms with Gasteiger partial charge in [-0.2, -0.15) is 0 Å². The quantitative estimate of drug-likeness (QED) is 0.755. The largest absolute Gasteiger partial charge is 0.487 e. The van der Waals surface area contributed by atoms with Crippen LogP contribution in [0.5, 0.6) is 5.75 Å². The fourth-order valence-corrected chi connectivity index (χ4v) is 3.85. The van der Waals surface area contributed by atoms with Gasteiger partial charge in [0.05, 0.1) is 0 Å². The van der Waals surface area contributed by atoms with E-state index in [0.717, 1.165) is 25.0 Å². The Labute approximate surface area is 122 Å². The molecule has 0 amide bonds. The van der Waals surface area contributed by atoms with Crippen LogP contribution in [0.15, 0.2) is 18.2 Å². The highest BCUT2D eigenvalue weighted by molar-refractivity contribution is 5.41. The molecule has 1 aliphatic carbocycles. The van der Waals surface area contributed by atoms with E-state index in [1.807, 2.05) is 0 Å². The van der Waals surface area contributed by atoms with Crippen molar-refractivity contribution in [2.24, 2.45) is 11.1 Å². The number of benzene rings is 1. The van der Waals surface area contributed by atoms with Gasteiger partial charge in [-0.25, -0.2) is 0 Å². The minimum atomic E-state index is -0.0184. The number of aryl methyl sites for hydroxylation is 1. The molecule has 1 spiro atoms. The molecule has 0 saturated heterocycles. The third-order valence-electron chi connectivity index (χ3n) is 5.23. The Kier molecular flexibility index (Phi) is 3.32. The lowest BCUT2D eigenvalue weighted by Gasteiger charge is -2.41. The van der Waals surface area contributed by atoms with Crippen molar-refractivity contribution in [3.63, 3.8) is 0 Å². The topological polar surface area (TPSA) is 35.2 Å². The molecule has 20 heavy (non-hydrogen) atoms. The van der Waals surface area contributed by atoms with Gasteiger partial charge in [-0.3, -0.25) is 0 Å². The average Bonchev–Trinajstić information content (AvgIpc) is 2.51. The first-order valence-corrected chi connectivity index (χ1v) is 7.94. The molecule has 110 valence electrons. The Morgan fingerprint density at radius 2 is 1.95 bits per heavy atom. The van der Waals surface area contributed by atoms with Gasteiger partial charge in [-0.1, -0.05) is 31.5 Å². The van der Waals surface area contributed by atoms with Gasteiger partial charge in [0.15, 0.2) is 0 Å². The Hall–Kier alpha value is -1.02. The summed E-state index contributed by atoms with van der Waals surface area (Å²) in [6.07, 6.45) is 7.05. The number of hydrogen-bond donors (Lipinski definition) is 1. The molecule has 0 bridgehead atoms. The summed E-state index contributed by atoms with van der Waals surface area (Å²) in [5.74, 6) is 1.02. The second-order valence-electron chi connectivity index (χ2n) is 7.65. The normalized spacial score (nSPS) is 32.3. The van der Waals surface area contributed by atoms with Crippen molar-refractivity contribution in [3.05, 3.63) is 29.3 Å². The molecule has 2 heteroatoms. The maximum absolute atomic E-state index is 6.48. The van der Waals surface area contributed by atoms with Gasteiger partial charge in [0.1, 0.15) is 11.4 Å². The van der Waals surface area contributed by atoms with E-state index in [9.17, 15) is 0 Å². The van der Waals surface area contributed by atoms with Crippen molar-refractivity contribution < 1.29 is 4.74 Å². The third-order valence-corrected chi connectivity index (χ3v) is 5.23. The van der Waals surface area contributed by atoms with E-state index in [4.69, 9.17) is 10.5 Å². The summed E-state index contributed by atoms with van der Waals surface area (Å²) >= 11 is 0. The standard InChI is InChI=1S/C18H27NO/c1-13-5-6-16-14(11-13)15(19)12-18(20-16)8-4-7-17(2,3)9-10-18/h5-6,11,15H,4,7-10,12,19H2,1-3H3/t15-,18?/m0/s1. The van der Waals surface area contributed by atoms with Crippen molar-refractivity contribution in [1.82, 2.24) is 0 Å². The molecular formula is C18H27NO. The van der Waals surface area contributed by atoms with E-state index < -0.39 is 0 Å². The van der Waals surface area contributed by atoms with Gasteiger partial charge in [-0.05, 0) is 50.5 Å². The fraction of sp³-hybridized carbons (Fsp3) is 0.667. The lowest BCUT2D eigenvalue weighted by atomic mass is 9.80. The van der Waals surface area contributed by atoms with Crippen molar-refractivity contribution in [2.45, 2.75) is 70.9 Å². The summed E-state index contributed by atoms with van der Waals surface area (Å²) < 4.78 is 6.48. The van der Waals surface area contributed by atoms with Crippen LogP contribution in [0, 0.1) is 12.3 Å². The van der Waals surface area contributed by atoms with E-state index in [0.29, 0.717) is 5.41 Å². The number of hydrogen-bond acceptors (Lipinski definition) is 2. The zero-order chi connectivity index (χ0) is 14.4. The molecule has 1 aromatic rings. The van der Waals surface area contributed by atoms with E-state index in [1.165, 1.54) is 30.4 Å². The molecule has 1 aromatic carbocycles. The predicted molar refractivity (Wildman–Crippen MR) is 82.9 cm³/mol. The minimum absolute atomic E-state index is 0.0184. The predicted octanol–water partition coefficient (Wildman–Crippen LogP) is 4.51. The number of fused-ring (bicyclic) bond motifs is 1. The van der Waals surface area contributed by atoms with Gasteiger partial charge in [-0.15, -0.1) is 0 Å². The first-order valence-electron chi connectivity index (χ1n) is 7.94. The number of ether oxygens (including phenoxy) is 1. The summed E-state index contributed by atoms with van der Waals surface area (Å²) in [5, 5.41) is 0. The van der Waals surface area contributed by atoms with Crippen LogP contribution in [0.1, 0.15) is 69.5 Å². The summed E-state index contributed by atoms with van der Waals surface area (Å²) in [5.41, 5.74) is 9.35. The molecule has 2 nitrogen and oxygen atoms in total. The van der Waals surface area contributed by atoms with Crippen LogP contribution in [-0.4, -0.2) is 5.60 Å². The van der Waals surface area contributed by atoms with E-state index in [2.05, 4.69) is 39.0 Å². The van der Waals surface area contributed by atoms with Crippen molar-refractivity contribution in [1.29, 1.82) is 0 Å². The molecule has 1 aliphatic heterocycles. The van der Waals surface area contributed by atoms with Crippen molar-refractivity contribution in [3.8, 4) is 5.75 Å². The van der Waals surface area contributed by atoms with Crippen LogP contribution in [0.4, 0.5) is 0 Å². The van der Waals surface area contributed by atoms with Gasteiger partial charge >= 0.3 is 0 Å². The van der Waals surface area contributed by atoms with Crippen LogP contribution in [0.25, 0.3) is 0 Å². The molecule has 2 atom stereocenters. The second kappa shape index (κ2) is 4.77. The second-order valence-corrected chi connectivity index (χ2v) is 7.65. The monoisotopic (exact) mass is 273 g/mol. The average molecular weight is 273 g/mol. The highest BCUT2D eigenvalue weighted by Crippen LogP contribution is 2.47. The Bertz CT molecular complexity index is 508. The molecule has 1 unspecified atom stereocenters. The van der Waals surface area contributed by atoms with Crippen LogP contribution in [-0.2, 0) is 0 Å². The molecule has 1 saturated carbocycles. The maximum Gasteiger partial charge on any atom is 0.124 e. The van der Waals surface area contributed by atoms with Gasteiger partial charge in [0, 0.05) is 18.0 Å². The first-order chi connectivity index (χ1) is 9.39. The van der Waals surface area contributed by atoms with Gasteiger partial charge in [0.2, 0.25) is 0 Å². The Morgan fingerprint density at radius 1 is 1.15 bits per heavy atom. The number of rotatable bonds is 0. The van der Waals surface area contributed by atoms with Crippen LogP contribution < -0.4 is 10.5 Å². The summed E-state index contributed by atoms with van der Waals surface area (Å²) in [6, 6.07) is 6.56. The molecule has 2 N–H and O–H groups in total. The van der Waals surface area contributed by atoms with Crippen LogP contribution >= 0.6 is 0 Å². The minimum Gasteiger partial charge on any atom is -0.487 e. The molecule has 0 aromatic heterocycles. The highest BCUT2D eigenvalue weighted by Gasteiger charge is 2.42. The molecule has 1 fully saturated rings. The molecule has 2 aliphatic rings. The van der Waals surface area contributed by atoms with Crippen molar-refractivity contribution >= 4 is 0 Å². The summed E-state index contributed by atoms with van der Waals surface area (Å²) in [4.78, 5) is 0. The zero-order valence-electron chi connectivity index (χ0n) is 13.0. The van der Waals surface area contributed by atoms with Crippen molar-refractivity contribution in [2.75, 3.05) is 0 Å². The summed E-state index contributed by atoms with van der Waals surface area (Å²) in [6.45, 7) is 6.88. The lowest BCUT2D eigenvalue weighted by molar-refractivity contribution is 0.0189. The molecular weight excluding hydrogens is 246 g/mol. The van der Waals surface area contributed by atoms with E-state index in [1.54, 1.807) is 0 Å². The lowest BCUT2D eigenvalue weighted by Crippen LogP contribution is -2.42. The molecule has 3 rings (SSSR count). The van der Waals surface area contributed by atoms with Crippen LogP contribution in [0.2, 0.25) is 0 Å². The van der Waals surface area contributed by atoms with Gasteiger partial charge < -0.3 is 10.5 Å². The smallest absolute Gasteiger partial charge is 0.124 e. The SMILES string of the molecule is Cc1ccc2c(c1)[C@@H](N)CC1(CCCC(C)(C)CC1)O2. The highest BCUT2D eigenvalue weighted by atomic mass is 16.5. The zero-order valence-corrected chi connectivity index (χ0v) is 13.0. The number of nitrogens with two attached hydrogens (primary N) is 1. The maximum atomic E-state index is 6.48. The first kappa shape index (κ1) is 13.9. The summed E-state index contributed by atoms with van der Waals surface area (Å²) in [7, 11) is 0. The van der Waals surface area contributed by atoms with Gasteiger partial charge in [0.25, 0.3) is 0 Å². The Morgan fingerprint density at radius 3 is 2.75 bits per heavy atom. The van der Waals surface area contributed by atoms with E-state index in [-0.39, 0.29) is 11.6 Å². The van der Waals surface area contributed by atoms with Crippen LogP contribution in [0.3, 0.4) is 0 Å². The fourth-order valence-electron chi connectivity index (χ4n) is 3.85. The molecule has 1 heterocycles. The third kappa shape index (κ3) is 2.58. The van der Waals surface area contributed by atoms with E-state index >= 15 is 0 Å². The molecule has 0 radical (unpaired) electrons.